The first kappa shape index (κ1) is 21.5. The smallest absolute Gasteiger partial charge is 0.253 e. The molecule has 33 heavy (non-hydrogen) atoms. The summed E-state index contributed by atoms with van der Waals surface area (Å²) in [6, 6.07) is 10.1. The number of fused-ring (bicyclic) bond motifs is 2. The van der Waals surface area contributed by atoms with Crippen LogP contribution >= 0.6 is 0 Å². The van der Waals surface area contributed by atoms with Gasteiger partial charge in [0, 0.05) is 49.1 Å². The van der Waals surface area contributed by atoms with E-state index in [1.54, 1.807) is 37.4 Å². The van der Waals surface area contributed by atoms with E-state index in [1.807, 2.05) is 18.9 Å². The van der Waals surface area contributed by atoms with E-state index < -0.39 is 11.7 Å². The molecule has 0 spiro atoms. The zero-order chi connectivity index (χ0) is 23.3. The number of hydrogen-bond donors (Lipinski definition) is 2. The van der Waals surface area contributed by atoms with Crippen molar-refractivity contribution in [2.75, 3.05) is 11.9 Å². The number of hydrogen-bond acceptors (Lipinski definition) is 7. The van der Waals surface area contributed by atoms with E-state index in [0.717, 1.165) is 19.3 Å². The van der Waals surface area contributed by atoms with Gasteiger partial charge in [-0.05, 0) is 50.5 Å². The first-order valence-electron chi connectivity index (χ1n) is 11.1. The highest BCUT2D eigenvalue weighted by atomic mass is 19.1. The summed E-state index contributed by atoms with van der Waals surface area (Å²) in [5, 5.41) is 22.7. The normalized spacial score (nSPS) is 26.4. The summed E-state index contributed by atoms with van der Waals surface area (Å²) in [5.41, 5.74) is 0.960. The standard InChI is InChI=1S/C24H27FN6O2/c1-24-10-8-15(27-24)13-18(22(24)25)30(2)20-7-6-17(28-29-20)16-5-4-14(12-19(16)32)23-26-11-9-21(33)31(23)3/h4-7,9,11-12,15,18,22,27,32H,8,10,13H2,1-3H3/t15?,18-,22+,24+/m1/s1. The predicted octanol–water partition coefficient (Wildman–Crippen LogP) is 2.67. The van der Waals surface area contributed by atoms with Crippen molar-refractivity contribution in [3.05, 3.63) is 52.9 Å². The SMILES string of the molecule is CN(c1ccc(-c2ccc(-c3nccc(=O)n3C)cc2O)nn1)[C@@H]1CC2CC[C@](C)(N2)[C@H]1F. The van der Waals surface area contributed by atoms with E-state index in [4.69, 9.17) is 0 Å². The molecule has 172 valence electrons. The summed E-state index contributed by atoms with van der Waals surface area (Å²) < 4.78 is 16.7. The van der Waals surface area contributed by atoms with Crippen LogP contribution in [-0.2, 0) is 7.05 Å². The maximum Gasteiger partial charge on any atom is 0.253 e. The van der Waals surface area contributed by atoms with E-state index in [2.05, 4.69) is 20.5 Å². The number of halogens is 1. The minimum atomic E-state index is -0.998. The molecular weight excluding hydrogens is 423 g/mol. The van der Waals surface area contributed by atoms with Gasteiger partial charge in [0.25, 0.3) is 5.56 Å². The fraction of sp³-hybridized carbons (Fsp3) is 0.417. The quantitative estimate of drug-likeness (QED) is 0.631. The Labute approximate surface area is 191 Å². The van der Waals surface area contributed by atoms with Crippen LogP contribution in [0.4, 0.5) is 10.2 Å². The van der Waals surface area contributed by atoms with E-state index in [0.29, 0.717) is 34.5 Å². The predicted molar refractivity (Wildman–Crippen MR) is 124 cm³/mol. The number of aromatic nitrogens is 4. The van der Waals surface area contributed by atoms with Crippen molar-refractivity contribution < 1.29 is 9.50 Å². The molecule has 4 atom stereocenters. The number of rotatable bonds is 4. The Kier molecular flexibility index (Phi) is 5.16. The fourth-order valence-electron chi connectivity index (χ4n) is 5.13. The molecule has 2 aliphatic rings. The molecule has 2 aliphatic heterocycles. The van der Waals surface area contributed by atoms with Crippen LogP contribution in [0.2, 0.25) is 0 Å². The van der Waals surface area contributed by atoms with Crippen molar-refractivity contribution in [3.63, 3.8) is 0 Å². The molecule has 2 saturated heterocycles. The van der Waals surface area contributed by atoms with Crippen LogP contribution in [0.1, 0.15) is 26.2 Å². The summed E-state index contributed by atoms with van der Waals surface area (Å²) in [7, 11) is 3.49. The zero-order valence-corrected chi connectivity index (χ0v) is 18.9. The number of nitrogens with zero attached hydrogens (tertiary/aromatic N) is 5. The Morgan fingerprint density at radius 3 is 2.79 bits per heavy atom. The summed E-state index contributed by atoms with van der Waals surface area (Å²) in [6.45, 7) is 1.96. The van der Waals surface area contributed by atoms with Crippen molar-refractivity contribution in [2.24, 2.45) is 7.05 Å². The molecule has 0 amide bonds. The number of aromatic hydroxyl groups is 1. The molecule has 2 N–H and O–H groups in total. The third-order valence-corrected chi connectivity index (χ3v) is 7.12. The maximum absolute atomic E-state index is 15.3. The number of anilines is 1. The van der Waals surface area contributed by atoms with Gasteiger partial charge >= 0.3 is 0 Å². The number of piperidine rings is 1. The van der Waals surface area contributed by atoms with E-state index in [9.17, 15) is 9.90 Å². The molecule has 8 nitrogen and oxygen atoms in total. The molecule has 1 aromatic carbocycles. The molecule has 4 heterocycles. The van der Waals surface area contributed by atoms with Crippen LogP contribution in [0.15, 0.2) is 47.4 Å². The average Bonchev–Trinajstić information content (AvgIpc) is 3.15. The Morgan fingerprint density at radius 2 is 2.06 bits per heavy atom. The fourth-order valence-corrected chi connectivity index (χ4v) is 5.13. The van der Waals surface area contributed by atoms with Crippen LogP contribution in [0, 0.1) is 0 Å². The molecule has 2 fully saturated rings. The number of nitrogens with one attached hydrogen (secondary N) is 1. The topological polar surface area (TPSA) is 96.2 Å². The minimum absolute atomic E-state index is 0.00711. The Hall–Kier alpha value is -3.33. The third kappa shape index (κ3) is 3.66. The monoisotopic (exact) mass is 450 g/mol. The van der Waals surface area contributed by atoms with E-state index in [-0.39, 0.29) is 17.4 Å². The minimum Gasteiger partial charge on any atom is -0.507 e. The lowest BCUT2D eigenvalue weighted by Gasteiger charge is -2.44. The summed E-state index contributed by atoms with van der Waals surface area (Å²) in [6.07, 6.45) is 3.01. The molecule has 2 aromatic heterocycles. The lowest BCUT2D eigenvalue weighted by atomic mass is 9.86. The van der Waals surface area contributed by atoms with Crippen LogP contribution in [0.5, 0.6) is 5.75 Å². The number of alkyl halides is 1. The van der Waals surface area contributed by atoms with Gasteiger partial charge in [-0.15, -0.1) is 10.2 Å². The van der Waals surface area contributed by atoms with Gasteiger partial charge in [-0.3, -0.25) is 9.36 Å². The van der Waals surface area contributed by atoms with Gasteiger partial charge < -0.3 is 15.3 Å². The molecular formula is C24H27FN6O2. The lowest BCUT2D eigenvalue weighted by molar-refractivity contribution is 0.111. The van der Waals surface area contributed by atoms with Crippen molar-refractivity contribution in [3.8, 4) is 28.4 Å². The first-order valence-corrected chi connectivity index (χ1v) is 11.1. The highest BCUT2D eigenvalue weighted by Gasteiger charge is 2.51. The maximum atomic E-state index is 15.3. The van der Waals surface area contributed by atoms with Gasteiger partial charge in [-0.1, -0.05) is 6.07 Å². The van der Waals surface area contributed by atoms with Crippen LogP contribution in [0.25, 0.3) is 22.6 Å². The largest absolute Gasteiger partial charge is 0.507 e. The van der Waals surface area contributed by atoms with Crippen LogP contribution in [-0.4, -0.2) is 55.7 Å². The molecule has 9 heteroatoms. The molecule has 5 rings (SSSR count). The molecule has 2 bridgehead atoms. The average molecular weight is 451 g/mol. The molecule has 3 aromatic rings. The van der Waals surface area contributed by atoms with Crippen LogP contribution in [0.3, 0.4) is 0 Å². The van der Waals surface area contributed by atoms with Gasteiger partial charge in [-0.25, -0.2) is 9.37 Å². The molecule has 0 saturated carbocycles. The third-order valence-electron chi connectivity index (χ3n) is 7.12. The molecule has 0 aliphatic carbocycles. The van der Waals surface area contributed by atoms with E-state index in [1.165, 1.54) is 16.8 Å². The Morgan fingerprint density at radius 1 is 1.24 bits per heavy atom. The lowest BCUT2D eigenvalue weighted by Crippen LogP contribution is -2.62. The summed E-state index contributed by atoms with van der Waals surface area (Å²) >= 11 is 0. The summed E-state index contributed by atoms with van der Waals surface area (Å²) in [4.78, 5) is 18.0. The highest BCUT2D eigenvalue weighted by molar-refractivity contribution is 5.72. The van der Waals surface area contributed by atoms with Gasteiger partial charge in [0.1, 0.15) is 17.7 Å². The Balaban J connectivity index is 1.38. The first-order chi connectivity index (χ1) is 15.8. The zero-order valence-electron chi connectivity index (χ0n) is 18.9. The van der Waals surface area contributed by atoms with Crippen molar-refractivity contribution in [1.29, 1.82) is 0 Å². The summed E-state index contributed by atoms with van der Waals surface area (Å²) in [5.74, 6) is 1.06. The second-order valence-electron chi connectivity index (χ2n) is 9.29. The molecule has 0 radical (unpaired) electrons. The highest BCUT2D eigenvalue weighted by Crippen LogP contribution is 2.40. The van der Waals surface area contributed by atoms with Gasteiger partial charge in [-0.2, -0.15) is 0 Å². The number of phenols is 1. The van der Waals surface area contributed by atoms with Gasteiger partial charge in [0.05, 0.1) is 11.7 Å². The van der Waals surface area contributed by atoms with Gasteiger partial charge in [0.2, 0.25) is 0 Å². The van der Waals surface area contributed by atoms with Gasteiger partial charge in [0.15, 0.2) is 5.82 Å². The van der Waals surface area contributed by atoms with Crippen LogP contribution < -0.4 is 15.8 Å². The van der Waals surface area contributed by atoms with Crippen molar-refractivity contribution in [2.45, 2.75) is 50.0 Å². The Bertz CT molecular complexity index is 1250. The number of benzene rings is 1. The van der Waals surface area contributed by atoms with E-state index >= 15 is 4.39 Å². The number of phenolic OH excluding ortho intramolecular Hbond substituents is 1. The van der Waals surface area contributed by atoms with Crippen molar-refractivity contribution in [1.82, 2.24) is 25.1 Å². The second-order valence-corrected chi connectivity index (χ2v) is 9.29. The molecule has 1 unspecified atom stereocenters. The second kappa shape index (κ2) is 7.91. The van der Waals surface area contributed by atoms with Crippen molar-refractivity contribution >= 4 is 5.82 Å².